The van der Waals surface area contributed by atoms with Crippen LogP contribution in [0, 0.1) is 0 Å². The van der Waals surface area contributed by atoms with Crippen LogP contribution in [0.15, 0.2) is 42.5 Å². The number of rotatable bonds is 4. The van der Waals surface area contributed by atoms with Gasteiger partial charge in [0.1, 0.15) is 6.04 Å². The molecule has 21 heavy (non-hydrogen) atoms. The van der Waals surface area contributed by atoms with Crippen molar-refractivity contribution in [1.29, 1.82) is 0 Å². The second-order valence-corrected chi connectivity index (χ2v) is 6.62. The highest BCUT2D eigenvalue weighted by Crippen LogP contribution is 2.24. The molecule has 1 aliphatic heterocycles. The number of benzene rings is 1. The molecule has 2 heterocycles. The van der Waals surface area contributed by atoms with Crippen LogP contribution in [0.2, 0.25) is 4.34 Å². The van der Waals surface area contributed by atoms with E-state index >= 15 is 0 Å². The number of amides is 3. The first-order valence-electron chi connectivity index (χ1n) is 6.53. The highest BCUT2D eigenvalue weighted by Gasteiger charge is 2.37. The highest BCUT2D eigenvalue weighted by molar-refractivity contribution is 7.16. The Hall–Kier alpha value is -1.85. The molecule has 4 nitrogen and oxygen atoms in total. The Morgan fingerprint density at radius 3 is 2.57 bits per heavy atom. The summed E-state index contributed by atoms with van der Waals surface area (Å²) in [6, 6.07) is 12.4. The fraction of sp³-hybridized carbons (Fsp3) is 0.200. The predicted octanol–water partition coefficient (Wildman–Crippen LogP) is 3.06. The first-order valence-corrected chi connectivity index (χ1v) is 7.73. The molecule has 0 spiro atoms. The quantitative estimate of drug-likeness (QED) is 0.880. The van der Waals surface area contributed by atoms with Crippen molar-refractivity contribution in [3.63, 3.8) is 0 Å². The number of nitrogens with one attached hydrogen (secondary N) is 1. The van der Waals surface area contributed by atoms with Crippen LogP contribution in [0.4, 0.5) is 4.79 Å². The summed E-state index contributed by atoms with van der Waals surface area (Å²) in [5.74, 6) is -0.187. The van der Waals surface area contributed by atoms with Crippen molar-refractivity contribution in [2.75, 3.05) is 0 Å². The van der Waals surface area contributed by atoms with Gasteiger partial charge in [0.25, 0.3) is 5.91 Å². The maximum absolute atomic E-state index is 12.3. The Balaban J connectivity index is 1.70. The minimum atomic E-state index is -0.490. The first kappa shape index (κ1) is 14.1. The number of nitrogens with zero attached hydrogens (tertiary/aromatic N) is 1. The maximum Gasteiger partial charge on any atom is 0.325 e. The molecule has 0 saturated carbocycles. The Morgan fingerprint density at radius 1 is 1.14 bits per heavy atom. The Morgan fingerprint density at radius 2 is 1.90 bits per heavy atom. The minimum Gasteiger partial charge on any atom is -0.325 e. The summed E-state index contributed by atoms with van der Waals surface area (Å²) >= 11 is 7.24. The monoisotopic (exact) mass is 320 g/mol. The Kier molecular flexibility index (Phi) is 3.94. The van der Waals surface area contributed by atoms with E-state index in [1.165, 1.54) is 16.2 Å². The molecule has 1 N–H and O–H groups in total. The number of thiophene rings is 1. The number of halogens is 1. The number of urea groups is 1. The largest absolute Gasteiger partial charge is 0.325 e. The molecule has 3 amide bonds. The molecule has 1 aliphatic rings. The third-order valence-corrected chi connectivity index (χ3v) is 4.55. The summed E-state index contributed by atoms with van der Waals surface area (Å²) in [5.41, 5.74) is 1.03. The number of imide groups is 1. The normalized spacial score (nSPS) is 18.1. The molecule has 1 aromatic carbocycles. The van der Waals surface area contributed by atoms with E-state index in [-0.39, 0.29) is 18.5 Å². The van der Waals surface area contributed by atoms with Crippen LogP contribution >= 0.6 is 22.9 Å². The molecular weight excluding hydrogens is 308 g/mol. The Bertz CT molecular complexity index is 671. The highest BCUT2D eigenvalue weighted by atomic mass is 35.5. The van der Waals surface area contributed by atoms with E-state index in [0.29, 0.717) is 10.8 Å². The zero-order chi connectivity index (χ0) is 14.8. The number of carbonyl (C=O) groups excluding carboxylic acids is 2. The van der Waals surface area contributed by atoms with Gasteiger partial charge in [0.15, 0.2) is 0 Å². The van der Waals surface area contributed by atoms with Gasteiger partial charge in [-0.2, -0.15) is 0 Å². The lowest BCUT2D eigenvalue weighted by Crippen LogP contribution is -2.32. The molecule has 2 aromatic rings. The average Bonchev–Trinajstić information content (AvgIpc) is 2.99. The summed E-state index contributed by atoms with van der Waals surface area (Å²) in [6.45, 7) is 0.271. The van der Waals surface area contributed by atoms with E-state index < -0.39 is 6.04 Å². The van der Waals surface area contributed by atoms with Crippen LogP contribution in [0.25, 0.3) is 0 Å². The zero-order valence-electron chi connectivity index (χ0n) is 11.1. The van der Waals surface area contributed by atoms with Gasteiger partial charge in [-0.15, -0.1) is 11.3 Å². The summed E-state index contributed by atoms with van der Waals surface area (Å²) in [4.78, 5) is 26.4. The van der Waals surface area contributed by atoms with Crippen LogP contribution in [0.3, 0.4) is 0 Å². The lowest BCUT2D eigenvalue weighted by atomic mass is 10.1. The molecule has 0 aliphatic carbocycles. The molecule has 3 rings (SSSR count). The fourth-order valence-corrected chi connectivity index (χ4v) is 3.38. The van der Waals surface area contributed by atoms with Gasteiger partial charge in [-0.25, -0.2) is 4.79 Å². The van der Waals surface area contributed by atoms with Crippen LogP contribution in [-0.4, -0.2) is 22.9 Å². The van der Waals surface area contributed by atoms with E-state index in [9.17, 15) is 9.59 Å². The number of carbonyl (C=O) groups is 2. The average molecular weight is 321 g/mol. The molecule has 1 fully saturated rings. The fourth-order valence-electron chi connectivity index (χ4n) is 2.31. The third kappa shape index (κ3) is 3.09. The van der Waals surface area contributed by atoms with E-state index in [1.54, 1.807) is 6.07 Å². The van der Waals surface area contributed by atoms with Crippen molar-refractivity contribution < 1.29 is 9.59 Å². The predicted molar refractivity (Wildman–Crippen MR) is 82.3 cm³/mol. The minimum absolute atomic E-state index is 0.187. The topological polar surface area (TPSA) is 49.4 Å². The van der Waals surface area contributed by atoms with Gasteiger partial charge in [0.2, 0.25) is 0 Å². The van der Waals surface area contributed by atoms with Gasteiger partial charge in [-0.3, -0.25) is 9.69 Å². The standard InChI is InChI=1S/C15H13ClN2O2S/c16-13-7-6-11(21-13)9-18-14(19)12(17-15(18)20)8-10-4-2-1-3-5-10/h1-7,12H,8-9H2,(H,17,20)/t12-/m1/s1. The molecule has 0 bridgehead atoms. The smallest absolute Gasteiger partial charge is 0.325 e. The molecule has 1 atom stereocenters. The first-order chi connectivity index (χ1) is 10.1. The van der Waals surface area contributed by atoms with Gasteiger partial charge in [-0.05, 0) is 17.7 Å². The van der Waals surface area contributed by atoms with Gasteiger partial charge in [0, 0.05) is 11.3 Å². The van der Waals surface area contributed by atoms with Crippen molar-refractivity contribution in [1.82, 2.24) is 10.2 Å². The van der Waals surface area contributed by atoms with E-state index in [4.69, 9.17) is 11.6 Å². The summed E-state index contributed by atoms with van der Waals surface area (Å²) < 4.78 is 0.651. The molecule has 1 saturated heterocycles. The summed E-state index contributed by atoms with van der Waals surface area (Å²) in [6.07, 6.45) is 0.507. The molecule has 0 radical (unpaired) electrons. The van der Waals surface area contributed by atoms with E-state index in [2.05, 4.69) is 5.32 Å². The van der Waals surface area contributed by atoms with E-state index in [1.807, 2.05) is 36.4 Å². The lowest BCUT2D eigenvalue weighted by molar-refractivity contribution is -0.127. The van der Waals surface area contributed by atoms with Crippen molar-refractivity contribution in [2.24, 2.45) is 0 Å². The summed E-state index contributed by atoms with van der Waals surface area (Å²) in [7, 11) is 0. The molecule has 1 aromatic heterocycles. The van der Waals surface area contributed by atoms with Crippen LogP contribution < -0.4 is 5.32 Å². The van der Waals surface area contributed by atoms with Crippen molar-refractivity contribution in [2.45, 2.75) is 19.0 Å². The van der Waals surface area contributed by atoms with Crippen molar-refractivity contribution in [3.05, 3.63) is 57.2 Å². The van der Waals surface area contributed by atoms with Crippen molar-refractivity contribution >= 4 is 34.9 Å². The van der Waals surface area contributed by atoms with Crippen molar-refractivity contribution in [3.8, 4) is 0 Å². The maximum atomic E-state index is 12.3. The van der Waals surface area contributed by atoms with Gasteiger partial charge >= 0.3 is 6.03 Å². The van der Waals surface area contributed by atoms with Crippen LogP contribution in [0.5, 0.6) is 0 Å². The molecular formula is C15H13ClN2O2S. The lowest BCUT2D eigenvalue weighted by Gasteiger charge is -2.11. The summed E-state index contributed by atoms with van der Waals surface area (Å²) in [5, 5.41) is 2.74. The van der Waals surface area contributed by atoms with Gasteiger partial charge in [-0.1, -0.05) is 41.9 Å². The van der Waals surface area contributed by atoms with Gasteiger partial charge < -0.3 is 5.32 Å². The zero-order valence-corrected chi connectivity index (χ0v) is 12.7. The Labute approximate surface area is 131 Å². The molecule has 108 valence electrons. The third-order valence-electron chi connectivity index (χ3n) is 3.33. The molecule has 0 unspecified atom stereocenters. The second kappa shape index (κ2) is 5.87. The van der Waals surface area contributed by atoms with Crippen LogP contribution in [0.1, 0.15) is 10.4 Å². The molecule has 6 heteroatoms. The number of hydrogen-bond donors (Lipinski definition) is 1. The second-order valence-electron chi connectivity index (χ2n) is 4.82. The number of hydrogen-bond acceptors (Lipinski definition) is 3. The SMILES string of the molecule is O=C1N[C@H](Cc2ccccc2)C(=O)N1Cc1ccc(Cl)s1. The van der Waals surface area contributed by atoms with Gasteiger partial charge in [0.05, 0.1) is 10.9 Å². The van der Waals surface area contributed by atoms with E-state index in [0.717, 1.165) is 10.4 Å². The van der Waals surface area contributed by atoms with Crippen LogP contribution in [-0.2, 0) is 17.8 Å².